The van der Waals surface area contributed by atoms with E-state index in [4.69, 9.17) is 5.26 Å². The Morgan fingerprint density at radius 1 is 1.47 bits per heavy atom. The van der Waals surface area contributed by atoms with E-state index < -0.39 is 17.5 Å². The van der Waals surface area contributed by atoms with Gasteiger partial charge >= 0.3 is 6.36 Å². The number of nitrogens with one attached hydrogen (secondary N) is 1. The van der Waals surface area contributed by atoms with Crippen molar-refractivity contribution in [3.8, 4) is 11.8 Å². The van der Waals surface area contributed by atoms with Crippen molar-refractivity contribution >= 4 is 0 Å². The number of aromatic amines is 1. The predicted octanol–water partition coefficient (Wildman–Crippen LogP) is 1.34. The minimum atomic E-state index is -4.92. The van der Waals surface area contributed by atoms with Crippen LogP contribution in [0.1, 0.15) is 5.56 Å². The monoisotopic (exact) mass is 218 g/mol. The molecule has 0 saturated heterocycles. The molecule has 1 aromatic heterocycles. The summed E-state index contributed by atoms with van der Waals surface area (Å²) in [6.07, 6.45) is -3.24. The largest absolute Gasteiger partial charge is 0.573 e. The van der Waals surface area contributed by atoms with E-state index in [1.165, 1.54) is 0 Å². The Balaban J connectivity index is 3.06. The SMILES string of the molecule is N#CCc1c[nH]cc(OC(F)(F)F)c1=O. The number of pyridine rings is 1. The van der Waals surface area contributed by atoms with Crippen molar-refractivity contribution in [2.24, 2.45) is 0 Å². The fourth-order valence-corrected chi connectivity index (χ4v) is 0.924. The van der Waals surface area contributed by atoms with Gasteiger partial charge in [0.25, 0.3) is 0 Å². The maximum atomic E-state index is 11.8. The lowest BCUT2D eigenvalue weighted by atomic mass is 10.2. The van der Waals surface area contributed by atoms with Crippen LogP contribution >= 0.6 is 0 Å². The summed E-state index contributed by atoms with van der Waals surface area (Å²) in [5.41, 5.74) is -1.01. The molecule has 0 aromatic carbocycles. The van der Waals surface area contributed by atoms with E-state index in [1.54, 1.807) is 6.07 Å². The number of nitrogens with zero attached hydrogens (tertiary/aromatic N) is 1. The second-order valence-electron chi connectivity index (χ2n) is 2.56. The van der Waals surface area contributed by atoms with E-state index in [1.807, 2.05) is 0 Å². The molecule has 1 N–H and O–H groups in total. The molecule has 80 valence electrons. The zero-order valence-corrected chi connectivity index (χ0v) is 7.26. The molecule has 0 unspecified atom stereocenters. The zero-order chi connectivity index (χ0) is 11.5. The highest BCUT2D eigenvalue weighted by Crippen LogP contribution is 2.18. The van der Waals surface area contributed by atoms with Crippen molar-refractivity contribution in [1.29, 1.82) is 5.26 Å². The molecule has 0 bridgehead atoms. The highest BCUT2D eigenvalue weighted by molar-refractivity contribution is 5.25. The Bertz CT molecular complexity index is 444. The topological polar surface area (TPSA) is 65.9 Å². The lowest BCUT2D eigenvalue weighted by Gasteiger charge is -2.07. The number of H-pyrrole nitrogens is 1. The Hall–Kier alpha value is -1.97. The quantitative estimate of drug-likeness (QED) is 0.814. The van der Waals surface area contributed by atoms with Crippen LogP contribution in [-0.2, 0) is 6.42 Å². The van der Waals surface area contributed by atoms with Crippen molar-refractivity contribution in [3.05, 3.63) is 28.2 Å². The smallest absolute Gasteiger partial charge is 0.400 e. The number of ether oxygens (including phenoxy) is 1. The summed E-state index contributed by atoms with van der Waals surface area (Å²) in [6.45, 7) is 0. The van der Waals surface area contributed by atoms with Crippen LogP contribution in [0.5, 0.6) is 5.75 Å². The van der Waals surface area contributed by atoms with Gasteiger partial charge in [0.15, 0.2) is 5.75 Å². The highest BCUT2D eigenvalue weighted by atomic mass is 19.4. The molecule has 15 heavy (non-hydrogen) atoms. The maximum absolute atomic E-state index is 11.8. The van der Waals surface area contributed by atoms with Crippen molar-refractivity contribution in [1.82, 2.24) is 4.98 Å². The van der Waals surface area contributed by atoms with E-state index >= 15 is 0 Å². The van der Waals surface area contributed by atoms with Crippen LogP contribution < -0.4 is 10.2 Å². The number of rotatable bonds is 2. The fraction of sp³-hybridized carbons (Fsp3) is 0.250. The van der Waals surface area contributed by atoms with Gasteiger partial charge in [-0.05, 0) is 0 Å². The van der Waals surface area contributed by atoms with E-state index in [-0.39, 0.29) is 12.0 Å². The van der Waals surface area contributed by atoms with E-state index in [0.29, 0.717) is 0 Å². The summed E-state index contributed by atoms with van der Waals surface area (Å²) in [5.74, 6) is -0.866. The van der Waals surface area contributed by atoms with E-state index in [2.05, 4.69) is 9.72 Å². The minimum absolute atomic E-state index is 0.0701. The first-order valence-corrected chi connectivity index (χ1v) is 3.76. The van der Waals surface area contributed by atoms with Crippen molar-refractivity contribution < 1.29 is 17.9 Å². The summed E-state index contributed by atoms with van der Waals surface area (Å²) in [6, 6.07) is 1.66. The van der Waals surface area contributed by atoms with Crippen molar-refractivity contribution in [2.75, 3.05) is 0 Å². The molecule has 0 atom stereocenters. The Labute approximate surface area is 81.9 Å². The Morgan fingerprint density at radius 3 is 2.67 bits per heavy atom. The molecule has 7 heteroatoms. The molecule has 0 aliphatic heterocycles. The van der Waals surface area contributed by atoms with Gasteiger partial charge < -0.3 is 9.72 Å². The van der Waals surface area contributed by atoms with Crippen LogP contribution in [0.25, 0.3) is 0 Å². The molecule has 0 amide bonds. The highest BCUT2D eigenvalue weighted by Gasteiger charge is 2.32. The van der Waals surface area contributed by atoms with E-state index in [9.17, 15) is 18.0 Å². The molecule has 0 aliphatic carbocycles. The van der Waals surface area contributed by atoms with Gasteiger partial charge in [0.05, 0.1) is 12.5 Å². The van der Waals surface area contributed by atoms with Crippen LogP contribution in [-0.4, -0.2) is 11.3 Å². The van der Waals surface area contributed by atoms with E-state index in [0.717, 1.165) is 12.4 Å². The van der Waals surface area contributed by atoms with Gasteiger partial charge in [0, 0.05) is 18.0 Å². The van der Waals surface area contributed by atoms with Gasteiger partial charge in [-0.2, -0.15) is 5.26 Å². The van der Waals surface area contributed by atoms with Crippen LogP contribution in [0.3, 0.4) is 0 Å². The molecular formula is C8H5F3N2O2. The number of aromatic nitrogens is 1. The molecule has 1 rings (SSSR count). The van der Waals surface area contributed by atoms with Crippen molar-refractivity contribution in [2.45, 2.75) is 12.8 Å². The molecular weight excluding hydrogens is 213 g/mol. The predicted molar refractivity (Wildman–Crippen MR) is 43.1 cm³/mol. The third-order valence-electron chi connectivity index (χ3n) is 1.48. The lowest BCUT2D eigenvalue weighted by Crippen LogP contribution is -2.23. The zero-order valence-electron chi connectivity index (χ0n) is 7.26. The molecule has 0 spiro atoms. The first kappa shape index (κ1) is 11.1. The first-order chi connectivity index (χ1) is 6.94. The third-order valence-corrected chi connectivity index (χ3v) is 1.48. The lowest BCUT2D eigenvalue weighted by molar-refractivity contribution is -0.275. The normalized spacial score (nSPS) is 10.8. The Morgan fingerprint density at radius 2 is 2.13 bits per heavy atom. The molecule has 0 saturated carbocycles. The summed E-state index contributed by atoms with van der Waals surface area (Å²) in [7, 11) is 0. The Kier molecular flexibility index (Phi) is 2.99. The van der Waals surface area contributed by atoms with Gasteiger partial charge in [0.1, 0.15) is 0 Å². The van der Waals surface area contributed by atoms with Crippen LogP contribution in [0.4, 0.5) is 13.2 Å². The second-order valence-corrected chi connectivity index (χ2v) is 2.56. The maximum Gasteiger partial charge on any atom is 0.573 e. The molecule has 0 fully saturated rings. The fourth-order valence-electron chi connectivity index (χ4n) is 0.924. The van der Waals surface area contributed by atoms with Gasteiger partial charge in [-0.3, -0.25) is 4.79 Å². The number of nitriles is 1. The second kappa shape index (κ2) is 4.04. The third kappa shape index (κ3) is 3.02. The van der Waals surface area contributed by atoms with Crippen LogP contribution in [0.2, 0.25) is 0 Å². The summed E-state index contributed by atoms with van der Waals surface area (Å²) < 4.78 is 38.9. The number of hydrogen-bond acceptors (Lipinski definition) is 3. The number of alkyl halides is 3. The van der Waals surface area contributed by atoms with Gasteiger partial charge in [0.2, 0.25) is 5.43 Å². The summed E-state index contributed by atoms with van der Waals surface area (Å²) >= 11 is 0. The summed E-state index contributed by atoms with van der Waals surface area (Å²) in [4.78, 5) is 13.5. The van der Waals surface area contributed by atoms with Crippen LogP contribution in [0, 0.1) is 11.3 Å². The molecule has 1 heterocycles. The molecule has 4 nitrogen and oxygen atoms in total. The van der Waals surface area contributed by atoms with Gasteiger partial charge in [-0.15, -0.1) is 13.2 Å². The summed E-state index contributed by atoms with van der Waals surface area (Å²) in [5, 5.41) is 8.30. The van der Waals surface area contributed by atoms with Gasteiger partial charge in [-0.1, -0.05) is 0 Å². The molecule has 0 radical (unpaired) electrons. The number of halogens is 3. The first-order valence-electron chi connectivity index (χ1n) is 3.76. The minimum Gasteiger partial charge on any atom is -0.400 e. The van der Waals surface area contributed by atoms with Crippen LogP contribution in [0.15, 0.2) is 17.2 Å². The molecule has 0 aliphatic rings. The standard InChI is InChI=1S/C8H5F3N2O2/c9-8(10,11)15-6-4-13-3-5(1-2-12)7(6)14/h3-4H,1H2,(H,13,14). The van der Waals surface area contributed by atoms with Gasteiger partial charge in [-0.25, -0.2) is 0 Å². The van der Waals surface area contributed by atoms with Crippen molar-refractivity contribution in [3.63, 3.8) is 0 Å². The average Bonchev–Trinajstić information content (AvgIpc) is 2.10. The average molecular weight is 218 g/mol. The number of hydrogen-bond donors (Lipinski definition) is 1. The molecule has 1 aromatic rings.